The van der Waals surface area contributed by atoms with E-state index in [0.29, 0.717) is 22.2 Å². The lowest BCUT2D eigenvalue weighted by molar-refractivity contribution is -0.894. The summed E-state index contributed by atoms with van der Waals surface area (Å²) in [6, 6.07) is 4.80. The number of quaternary nitrogens is 1. The van der Waals surface area contributed by atoms with Crippen molar-refractivity contribution in [2.24, 2.45) is 0 Å². The molecule has 5 nitrogen and oxygen atoms in total. The normalized spacial score (nSPS) is 22.0. The molecule has 2 atom stereocenters. The third-order valence-corrected chi connectivity index (χ3v) is 5.90. The third kappa shape index (κ3) is 4.57. The van der Waals surface area contributed by atoms with E-state index in [1.807, 2.05) is 7.05 Å². The van der Waals surface area contributed by atoms with Gasteiger partial charge >= 0.3 is 0 Å². The molecule has 1 fully saturated rings. The Hall–Kier alpha value is -0.820. The molecule has 0 spiro atoms. The average molecular weight is 352 g/mol. The molecule has 0 radical (unpaired) electrons. The SMILES string of the molecule is C[NH+](CC(=O)Nc1cc(Cl)ccc1Cl)[C@@H]1CCS(=O)(=O)C1. The zero-order chi connectivity index (χ0) is 15.6. The van der Waals surface area contributed by atoms with Crippen LogP contribution in [0.4, 0.5) is 5.69 Å². The summed E-state index contributed by atoms with van der Waals surface area (Å²) in [4.78, 5) is 12.9. The second kappa shape index (κ2) is 6.52. The van der Waals surface area contributed by atoms with Crippen LogP contribution in [0.5, 0.6) is 0 Å². The number of benzene rings is 1. The second-order valence-electron chi connectivity index (χ2n) is 5.30. The highest BCUT2D eigenvalue weighted by atomic mass is 35.5. The molecule has 21 heavy (non-hydrogen) atoms. The summed E-state index contributed by atoms with van der Waals surface area (Å²) in [6.45, 7) is 0.184. The fraction of sp³-hybridized carbons (Fsp3) is 0.462. The molecule has 1 aromatic rings. The molecule has 1 unspecified atom stereocenters. The van der Waals surface area contributed by atoms with Crippen molar-refractivity contribution < 1.29 is 18.1 Å². The number of hydrogen-bond acceptors (Lipinski definition) is 3. The maximum absolute atomic E-state index is 12.0. The summed E-state index contributed by atoms with van der Waals surface area (Å²) >= 11 is 11.8. The van der Waals surface area contributed by atoms with Crippen LogP contribution in [0.1, 0.15) is 6.42 Å². The first-order valence-electron chi connectivity index (χ1n) is 6.54. The van der Waals surface area contributed by atoms with Gasteiger partial charge in [-0.05, 0) is 18.2 Å². The number of sulfone groups is 1. The van der Waals surface area contributed by atoms with Crippen molar-refractivity contribution in [2.45, 2.75) is 12.5 Å². The average Bonchev–Trinajstić information content (AvgIpc) is 2.74. The van der Waals surface area contributed by atoms with E-state index >= 15 is 0 Å². The maximum Gasteiger partial charge on any atom is 0.279 e. The Kier molecular flexibility index (Phi) is 5.14. The van der Waals surface area contributed by atoms with Crippen LogP contribution >= 0.6 is 23.2 Å². The fourth-order valence-electron chi connectivity index (χ4n) is 2.37. The minimum atomic E-state index is -2.94. The van der Waals surface area contributed by atoms with Gasteiger partial charge in [-0.15, -0.1) is 0 Å². The highest BCUT2D eigenvalue weighted by molar-refractivity contribution is 7.91. The zero-order valence-electron chi connectivity index (χ0n) is 11.5. The third-order valence-electron chi connectivity index (χ3n) is 3.57. The van der Waals surface area contributed by atoms with Gasteiger partial charge in [-0.1, -0.05) is 23.2 Å². The van der Waals surface area contributed by atoms with Crippen LogP contribution in [0.15, 0.2) is 18.2 Å². The number of anilines is 1. The molecule has 0 aliphatic carbocycles. The quantitative estimate of drug-likeness (QED) is 0.836. The Bertz CT molecular complexity index is 649. The summed E-state index contributed by atoms with van der Waals surface area (Å²) in [6.07, 6.45) is 0.597. The predicted octanol–water partition coefficient (Wildman–Crippen LogP) is 0.634. The lowest BCUT2D eigenvalue weighted by atomic mass is 10.2. The summed E-state index contributed by atoms with van der Waals surface area (Å²) in [5.74, 6) is 0.127. The monoisotopic (exact) mass is 351 g/mol. The van der Waals surface area contributed by atoms with Gasteiger partial charge < -0.3 is 10.2 Å². The van der Waals surface area contributed by atoms with Crippen molar-refractivity contribution in [3.05, 3.63) is 28.2 Å². The molecule has 1 aromatic carbocycles. The molecular formula is C13H17Cl2N2O3S+. The van der Waals surface area contributed by atoms with Crippen molar-refractivity contribution in [2.75, 3.05) is 30.4 Å². The number of rotatable bonds is 4. The number of likely N-dealkylation sites (N-methyl/N-ethyl adjacent to an activating group) is 1. The highest BCUT2D eigenvalue weighted by Gasteiger charge is 2.34. The standard InChI is InChI=1S/C13H16Cl2N2O3S/c1-17(10-4-5-21(19,20)8-10)7-13(18)16-12-6-9(14)2-3-11(12)15/h2-3,6,10H,4-5,7-8H2,1H3,(H,16,18)/p+1/t10-/m1/s1. The van der Waals surface area contributed by atoms with Crippen LogP contribution in [0.25, 0.3) is 0 Å². The Morgan fingerprint density at radius 3 is 2.76 bits per heavy atom. The molecular weight excluding hydrogens is 335 g/mol. The molecule has 0 saturated carbocycles. The highest BCUT2D eigenvalue weighted by Crippen LogP contribution is 2.25. The van der Waals surface area contributed by atoms with Crippen molar-refractivity contribution in [1.29, 1.82) is 0 Å². The number of hydrogen-bond donors (Lipinski definition) is 2. The Labute approximate surface area is 134 Å². The van der Waals surface area contributed by atoms with Crippen molar-refractivity contribution in [3.63, 3.8) is 0 Å². The number of amides is 1. The molecule has 2 N–H and O–H groups in total. The van der Waals surface area contributed by atoms with E-state index in [2.05, 4.69) is 5.32 Å². The number of carbonyl (C=O) groups excluding carboxylic acids is 1. The molecule has 0 aromatic heterocycles. The summed E-state index contributed by atoms with van der Waals surface area (Å²) < 4.78 is 22.9. The summed E-state index contributed by atoms with van der Waals surface area (Å²) in [5, 5.41) is 3.60. The minimum Gasteiger partial charge on any atom is -0.326 e. The summed E-state index contributed by atoms with van der Waals surface area (Å²) in [7, 11) is -1.11. The maximum atomic E-state index is 12.0. The Morgan fingerprint density at radius 1 is 1.43 bits per heavy atom. The van der Waals surface area contributed by atoms with E-state index in [1.54, 1.807) is 18.2 Å². The van der Waals surface area contributed by atoms with Gasteiger partial charge in [-0.2, -0.15) is 0 Å². The lowest BCUT2D eigenvalue weighted by Gasteiger charge is -2.19. The van der Waals surface area contributed by atoms with Crippen LogP contribution in [0, 0.1) is 0 Å². The van der Waals surface area contributed by atoms with Crippen molar-refractivity contribution in [1.82, 2.24) is 0 Å². The molecule has 1 heterocycles. The van der Waals surface area contributed by atoms with Crippen molar-refractivity contribution in [3.8, 4) is 0 Å². The van der Waals surface area contributed by atoms with Gasteiger partial charge in [0.25, 0.3) is 5.91 Å². The van der Waals surface area contributed by atoms with Crippen LogP contribution < -0.4 is 10.2 Å². The molecule has 1 aliphatic rings. The van der Waals surface area contributed by atoms with Gasteiger partial charge in [0.15, 0.2) is 16.4 Å². The lowest BCUT2D eigenvalue weighted by Crippen LogP contribution is -3.14. The van der Waals surface area contributed by atoms with Crippen LogP contribution in [0.3, 0.4) is 0 Å². The molecule has 116 valence electrons. The van der Waals surface area contributed by atoms with Gasteiger partial charge in [0, 0.05) is 11.4 Å². The molecule has 1 amide bonds. The molecule has 2 rings (SSSR count). The largest absolute Gasteiger partial charge is 0.326 e. The first kappa shape index (κ1) is 16.5. The van der Waals surface area contributed by atoms with E-state index in [1.165, 1.54) is 0 Å². The van der Waals surface area contributed by atoms with Gasteiger partial charge in [-0.25, -0.2) is 8.42 Å². The number of carbonyl (C=O) groups is 1. The zero-order valence-corrected chi connectivity index (χ0v) is 13.9. The first-order valence-corrected chi connectivity index (χ1v) is 9.12. The second-order valence-corrected chi connectivity index (χ2v) is 8.37. The van der Waals surface area contributed by atoms with E-state index in [-0.39, 0.29) is 30.0 Å². The van der Waals surface area contributed by atoms with E-state index < -0.39 is 9.84 Å². The topological polar surface area (TPSA) is 67.7 Å². The number of nitrogens with one attached hydrogen (secondary N) is 2. The predicted molar refractivity (Wildman–Crippen MR) is 83.9 cm³/mol. The molecule has 8 heteroatoms. The van der Waals surface area contributed by atoms with E-state index in [9.17, 15) is 13.2 Å². The smallest absolute Gasteiger partial charge is 0.279 e. The molecule has 1 aliphatic heterocycles. The van der Waals surface area contributed by atoms with Gasteiger partial charge in [0.05, 0.1) is 23.5 Å². The van der Waals surface area contributed by atoms with E-state index in [0.717, 1.165) is 4.90 Å². The molecule has 0 bridgehead atoms. The Morgan fingerprint density at radius 2 is 2.14 bits per heavy atom. The van der Waals surface area contributed by atoms with Gasteiger partial charge in [0.1, 0.15) is 11.8 Å². The van der Waals surface area contributed by atoms with Crippen LogP contribution in [0.2, 0.25) is 10.0 Å². The van der Waals surface area contributed by atoms with Crippen molar-refractivity contribution >= 4 is 44.6 Å². The first-order chi connectivity index (χ1) is 9.77. The van der Waals surface area contributed by atoms with E-state index in [4.69, 9.17) is 23.2 Å². The minimum absolute atomic E-state index is 0.0319. The van der Waals surface area contributed by atoms with Gasteiger partial charge in [0.2, 0.25) is 0 Å². The van der Waals surface area contributed by atoms with Gasteiger partial charge in [-0.3, -0.25) is 4.79 Å². The Balaban J connectivity index is 1.94. The molecule has 1 saturated heterocycles. The van der Waals surface area contributed by atoms with Crippen LogP contribution in [-0.4, -0.2) is 45.5 Å². The fourth-order valence-corrected chi connectivity index (χ4v) is 4.58. The number of halogens is 2. The summed E-state index contributed by atoms with van der Waals surface area (Å²) in [5.41, 5.74) is 0.459. The van der Waals surface area contributed by atoms with Crippen LogP contribution in [-0.2, 0) is 14.6 Å².